The fourth-order valence-corrected chi connectivity index (χ4v) is 3.84. The summed E-state index contributed by atoms with van der Waals surface area (Å²) in [5.74, 6) is 2.75. The van der Waals surface area contributed by atoms with E-state index in [1.54, 1.807) is 6.33 Å². The summed E-state index contributed by atoms with van der Waals surface area (Å²) in [6.07, 6.45) is 3.68. The van der Waals surface area contributed by atoms with Crippen LogP contribution in [0, 0.1) is 5.92 Å². The van der Waals surface area contributed by atoms with Gasteiger partial charge in [-0.05, 0) is 35.3 Å². The third-order valence-corrected chi connectivity index (χ3v) is 5.36. The zero-order valence-electron chi connectivity index (χ0n) is 16.6. The van der Waals surface area contributed by atoms with Crippen molar-refractivity contribution in [3.8, 4) is 11.5 Å². The molecule has 0 fully saturated rings. The summed E-state index contributed by atoms with van der Waals surface area (Å²) in [6, 6.07) is 8.30. The van der Waals surface area contributed by atoms with Gasteiger partial charge in [-0.25, -0.2) is 9.97 Å². The summed E-state index contributed by atoms with van der Waals surface area (Å²) in [5, 5.41) is 4.60. The normalized spacial score (nSPS) is 16.9. The van der Waals surface area contributed by atoms with Crippen LogP contribution in [0.2, 0.25) is 0 Å². The number of rotatable bonds is 5. The highest BCUT2D eigenvalue weighted by molar-refractivity contribution is 5.90. The van der Waals surface area contributed by atoms with Crippen molar-refractivity contribution >= 4 is 22.4 Å². The Morgan fingerprint density at radius 1 is 1.07 bits per heavy atom. The van der Waals surface area contributed by atoms with Gasteiger partial charge < -0.3 is 24.5 Å². The Hall–Kier alpha value is -3.06. The first-order valence-electron chi connectivity index (χ1n) is 9.96. The SMILES string of the molecule is CC(C)[C@@H](Nc1ncnc2[nH]c(C3=CCOC3)cc12)c1ccc2c(c1)OCCO2. The lowest BCUT2D eigenvalue weighted by molar-refractivity contribution is 0.171. The van der Waals surface area contributed by atoms with Crippen LogP contribution in [0.25, 0.3) is 16.6 Å². The molecule has 0 saturated heterocycles. The molecule has 1 atom stereocenters. The molecule has 0 radical (unpaired) electrons. The molecule has 2 aliphatic heterocycles. The molecule has 2 aliphatic rings. The predicted molar refractivity (Wildman–Crippen MR) is 111 cm³/mol. The number of aromatic amines is 1. The van der Waals surface area contributed by atoms with Gasteiger partial charge in [-0.1, -0.05) is 26.0 Å². The molecule has 2 aromatic heterocycles. The highest BCUT2D eigenvalue weighted by atomic mass is 16.6. The van der Waals surface area contributed by atoms with Crippen LogP contribution in [0.5, 0.6) is 11.5 Å². The Balaban J connectivity index is 1.49. The van der Waals surface area contributed by atoms with Gasteiger partial charge in [0, 0.05) is 5.69 Å². The summed E-state index contributed by atoms with van der Waals surface area (Å²) in [5.41, 5.74) is 4.14. The van der Waals surface area contributed by atoms with Gasteiger partial charge in [0.2, 0.25) is 0 Å². The molecule has 4 heterocycles. The Labute approximate surface area is 169 Å². The predicted octanol–water partition coefficient (Wildman–Crippen LogP) is 3.95. The molecule has 2 N–H and O–H groups in total. The van der Waals surface area contributed by atoms with E-state index in [4.69, 9.17) is 14.2 Å². The van der Waals surface area contributed by atoms with E-state index >= 15 is 0 Å². The topological polar surface area (TPSA) is 81.3 Å². The Bertz CT molecular complexity index is 1070. The van der Waals surface area contributed by atoms with Gasteiger partial charge in [-0.3, -0.25) is 0 Å². The third kappa shape index (κ3) is 3.42. The van der Waals surface area contributed by atoms with E-state index in [1.165, 1.54) is 0 Å². The fourth-order valence-electron chi connectivity index (χ4n) is 3.84. The average Bonchev–Trinajstić information content (AvgIpc) is 3.41. The van der Waals surface area contributed by atoms with Gasteiger partial charge >= 0.3 is 0 Å². The molecule has 150 valence electrons. The van der Waals surface area contributed by atoms with Crippen LogP contribution in [-0.2, 0) is 4.74 Å². The summed E-state index contributed by atoms with van der Waals surface area (Å²) in [7, 11) is 0. The zero-order chi connectivity index (χ0) is 19.8. The highest BCUT2D eigenvalue weighted by Gasteiger charge is 2.22. The first kappa shape index (κ1) is 18.0. The number of hydrogen-bond acceptors (Lipinski definition) is 6. The van der Waals surface area contributed by atoms with E-state index in [1.807, 2.05) is 6.07 Å². The molecule has 0 aliphatic carbocycles. The van der Waals surface area contributed by atoms with Crippen molar-refractivity contribution in [2.24, 2.45) is 5.92 Å². The molecular weight excluding hydrogens is 368 g/mol. The summed E-state index contributed by atoms with van der Waals surface area (Å²) in [4.78, 5) is 12.3. The van der Waals surface area contributed by atoms with E-state index in [9.17, 15) is 0 Å². The summed E-state index contributed by atoms with van der Waals surface area (Å²) >= 11 is 0. The molecule has 0 amide bonds. The molecule has 0 unspecified atom stereocenters. The molecule has 29 heavy (non-hydrogen) atoms. The van der Waals surface area contributed by atoms with Crippen LogP contribution in [0.15, 0.2) is 36.7 Å². The minimum absolute atomic E-state index is 0.0660. The largest absolute Gasteiger partial charge is 0.486 e. The number of H-pyrrole nitrogens is 1. The lowest BCUT2D eigenvalue weighted by Gasteiger charge is -2.26. The average molecular weight is 392 g/mol. The molecule has 0 bridgehead atoms. The van der Waals surface area contributed by atoms with Crippen molar-refractivity contribution in [1.82, 2.24) is 15.0 Å². The number of nitrogens with zero attached hydrogens (tertiary/aromatic N) is 2. The Kier molecular flexibility index (Phi) is 4.60. The molecular formula is C22H24N4O3. The summed E-state index contributed by atoms with van der Waals surface area (Å²) < 4.78 is 16.9. The van der Waals surface area contributed by atoms with Gasteiger partial charge in [0.25, 0.3) is 0 Å². The van der Waals surface area contributed by atoms with Crippen molar-refractivity contribution in [3.63, 3.8) is 0 Å². The van der Waals surface area contributed by atoms with E-state index < -0.39 is 0 Å². The maximum atomic E-state index is 5.77. The van der Waals surface area contributed by atoms with Crippen LogP contribution in [-0.4, -0.2) is 41.4 Å². The minimum Gasteiger partial charge on any atom is -0.486 e. The number of fused-ring (bicyclic) bond motifs is 2. The van der Waals surface area contributed by atoms with Crippen molar-refractivity contribution in [2.45, 2.75) is 19.9 Å². The maximum absolute atomic E-state index is 5.77. The number of hydrogen-bond donors (Lipinski definition) is 2. The van der Waals surface area contributed by atoms with Gasteiger partial charge in [-0.15, -0.1) is 0 Å². The lowest BCUT2D eigenvalue weighted by atomic mass is 9.95. The third-order valence-electron chi connectivity index (χ3n) is 5.36. The Morgan fingerprint density at radius 2 is 1.93 bits per heavy atom. The molecule has 0 spiro atoms. The maximum Gasteiger partial charge on any atom is 0.161 e. The standard InChI is InChI=1S/C22H24N4O3/c1-13(2)20(14-3-4-18-19(9-14)29-8-7-28-18)26-22-16-10-17(15-5-6-27-11-15)25-21(16)23-12-24-22/h3-5,9-10,12-13,20H,6-8,11H2,1-2H3,(H2,23,24,25,26)/t20-/m1/s1. The zero-order valence-corrected chi connectivity index (χ0v) is 16.6. The van der Waals surface area contributed by atoms with Gasteiger partial charge in [0.05, 0.1) is 24.6 Å². The van der Waals surface area contributed by atoms with Crippen LogP contribution in [0.3, 0.4) is 0 Å². The highest BCUT2D eigenvalue weighted by Crippen LogP contribution is 2.36. The van der Waals surface area contributed by atoms with E-state index in [2.05, 4.69) is 58.4 Å². The van der Waals surface area contributed by atoms with Crippen molar-refractivity contribution in [2.75, 3.05) is 31.7 Å². The Morgan fingerprint density at radius 3 is 2.72 bits per heavy atom. The second kappa shape index (κ2) is 7.40. The van der Waals surface area contributed by atoms with E-state index in [0.717, 1.165) is 45.2 Å². The monoisotopic (exact) mass is 392 g/mol. The second-order valence-corrected chi connectivity index (χ2v) is 7.68. The molecule has 5 rings (SSSR count). The summed E-state index contributed by atoms with van der Waals surface area (Å²) in [6.45, 7) is 6.82. The van der Waals surface area contributed by atoms with Crippen LogP contribution < -0.4 is 14.8 Å². The van der Waals surface area contributed by atoms with Crippen LogP contribution in [0.4, 0.5) is 5.82 Å². The number of aromatic nitrogens is 3. The molecule has 3 aromatic rings. The quantitative estimate of drug-likeness (QED) is 0.684. The smallest absolute Gasteiger partial charge is 0.161 e. The fraction of sp³-hybridized carbons (Fsp3) is 0.364. The molecule has 7 heteroatoms. The number of benzene rings is 1. The first-order valence-corrected chi connectivity index (χ1v) is 9.96. The number of anilines is 1. The molecule has 0 saturated carbocycles. The van der Waals surface area contributed by atoms with Crippen LogP contribution in [0.1, 0.15) is 31.1 Å². The van der Waals surface area contributed by atoms with Crippen LogP contribution >= 0.6 is 0 Å². The van der Waals surface area contributed by atoms with E-state index in [-0.39, 0.29) is 6.04 Å². The van der Waals surface area contributed by atoms with Gasteiger partial charge in [0.15, 0.2) is 11.5 Å². The van der Waals surface area contributed by atoms with Crippen molar-refractivity contribution in [3.05, 3.63) is 47.9 Å². The number of ether oxygens (including phenoxy) is 3. The minimum atomic E-state index is 0.0660. The van der Waals surface area contributed by atoms with E-state index in [0.29, 0.717) is 32.3 Å². The van der Waals surface area contributed by atoms with Crippen molar-refractivity contribution < 1.29 is 14.2 Å². The molecule has 1 aromatic carbocycles. The second-order valence-electron chi connectivity index (χ2n) is 7.68. The molecule has 7 nitrogen and oxygen atoms in total. The number of nitrogens with one attached hydrogen (secondary N) is 2. The van der Waals surface area contributed by atoms with Gasteiger partial charge in [0.1, 0.15) is 31.0 Å². The van der Waals surface area contributed by atoms with Gasteiger partial charge in [-0.2, -0.15) is 0 Å². The van der Waals surface area contributed by atoms with Crippen molar-refractivity contribution in [1.29, 1.82) is 0 Å². The first-order chi connectivity index (χ1) is 14.2. The lowest BCUT2D eigenvalue weighted by Crippen LogP contribution is -2.19.